The van der Waals surface area contributed by atoms with Crippen LogP contribution in [0.15, 0.2) is 24.8 Å². The molecule has 0 aromatic carbocycles. The Kier molecular flexibility index (Phi) is 21.6. The summed E-state index contributed by atoms with van der Waals surface area (Å²) in [5.41, 5.74) is 0.276. The molecule has 0 bridgehead atoms. The van der Waals surface area contributed by atoms with Crippen LogP contribution in [-0.4, -0.2) is 46.4 Å². The van der Waals surface area contributed by atoms with Gasteiger partial charge in [-0.05, 0) is 41.5 Å². The Hall–Kier alpha value is 1.47. The van der Waals surface area contributed by atoms with E-state index in [9.17, 15) is 0 Å². The minimum absolute atomic E-state index is 0. The van der Waals surface area contributed by atoms with E-state index in [1.54, 1.807) is 12.4 Å². The molecular weight excluding hydrogens is 508 g/mol. The minimum atomic E-state index is -1.72. The SMILES string of the molecule is CC(C)(C)N1C=CN(C(C)(C)C)[SiH]1Cl.CC(C)(C)[N-]/C=C\[N-]C(C)(C)C.Cl[SiH](Cl)Cl.[Li+].[Li+]. The molecule has 12 heteroatoms. The molecule has 0 amide bonds. The van der Waals surface area contributed by atoms with Crippen molar-refractivity contribution < 1.29 is 37.7 Å². The molecule has 0 atom stereocenters. The van der Waals surface area contributed by atoms with Crippen molar-refractivity contribution in [3.63, 3.8) is 0 Å². The van der Waals surface area contributed by atoms with Crippen molar-refractivity contribution in [1.29, 1.82) is 0 Å². The molecular formula is C20H42Cl4Li2N4Si2. The molecule has 1 aliphatic heterocycles. The molecule has 1 rings (SSSR count). The summed E-state index contributed by atoms with van der Waals surface area (Å²) in [4.78, 5) is 0. The van der Waals surface area contributed by atoms with Crippen LogP contribution >= 0.6 is 44.3 Å². The standard InChI is InChI=1S/C10H21ClN2Si.C10H20N2.Cl3HSi.2Li/c1-9(2,3)12-7-8-13(14(12)11)10(4,5)6;1-9(2,3)11-7-8-12-10(4,5)6;1-4(2)3;;/h7-8,14H,1-6H3;7-8H,1-6H3;4H;;/q;-2;;2*+1/b;8-7-;;;. The molecule has 0 spiro atoms. The molecule has 1 heterocycles. The van der Waals surface area contributed by atoms with E-state index in [1.807, 2.05) is 0 Å². The predicted octanol–water partition coefficient (Wildman–Crippen LogP) is 1.86. The predicted molar refractivity (Wildman–Crippen MR) is 145 cm³/mol. The molecule has 0 aromatic heterocycles. The third kappa shape index (κ3) is 23.2. The second kappa shape index (κ2) is 17.0. The Labute approximate surface area is 245 Å². The first-order valence-corrected chi connectivity index (χ1v) is 18.0. The van der Waals surface area contributed by atoms with Crippen molar-refractivity contribution in [2.75, 3.05) is 0 Å². The zero-order valence-corrected chi connectivity index (χ0v) is 28.1. The average Bonchev–Trinajstić information content (AvgIpc) is 2.83. The van der Waals surface area contributed by atoms with E-state index in [4.69, 9.17) is 44.3 Å². The number of hydrogen-bond acceptors (Lipinski definition) is 2. The summed E-state index contributed by atoms with van der Waals surface area (Å²) in [6, 6.07) is 0. The number of nitrogens with zero attached hydrogens (tertiary/aromatic N) is 4. The fourth-order valence-corrected chi connectivity index (χ4v) is 6.15. The van der Waals surface area contributed by atoms with E-state index < -0.39 is 15.2 Å². The molecule has 0 saturated carbocycles. The molecule has 0 aliphatic carbocycles. The Morgan fingerprint density at radius 3 is 1.00 bits per heavy atom. The summed E-state index contributed by atoms with van der Waals surface area (Å²) in [5.74, 6) is 0. The van der Waals surface area contributed by atoms with E-state index in [0.29, 0.717) is 0 Å². The van der Waals surface area contributed by atoms with Crippen LogP contribution in [0.3, 0.4) is 0 Å². The summed E-state index contributed by atoms with van der Waals surface area (Å²) in [7, 11) is -1.50. The van der Waals surface area contributed by atoms with Crippen molar-refractivity contribution in [2.24, 2.45) is 0 Å². The number of rotatable bonds is 2. The molecule has 0 N–H and O–H groups in total. The van der Waals surface area contributed by atoms with Gasteiger partial charge in [0.05, 0.1) is 0 Å². The van der Waals surface area contributed by atoms with Crippen LogP contribution in [0.25, 0.3) is 10.6 Å². The van der Waals surface area contributed by atoms with E-state index in [1.165, 1.54) is 0 Å². The summed E-state index contributed by atoms with van der Waals surface area (Å²) in [6.45, 7) is 23.9. The molecule has 32 heavy (non-hydrogen) atoms. The maximum Gasteiger partial charge on any atom is 1.00 e. The molecule has 4 nitrogen and oxygen atoms in total. The molecule has 0 fully saturated rings. The Morgan fingerprint density at radius 2 is 0.875 bits per heavy atom. The second-order valence-electron chi connectivity index (χ2n) is 10.9. The van der Waals surface area contributed by atoms with Gasteiger partial charge in [0.15, 0.2) is 0 Å². The van der Waals surface area contributed by atoms with Crippen molar-refractivity contribution in [3.8, 4) is 0 Å². The Morgan fingerprint density at radius 1 is 0.656 bits per heavy atom. The molecule has 0 unspecified atom stereocenters. The fraction of sp³-hybridized carbons (Fsp3) is 0.800. The van der Waals surface area contributed by atoms with Crippen molar-refractivity contribution >= 4 is 59.5 Å². The number of hydrogen-bond donors (Lipinski definition) is 0. The minimum Gasteiger partial charge on any atom is -0.687 e. The number of halogens is 4. The van der Waals surface area contributed by atoms with Gasteiger partial charge in [0.1, 0.15) is 0 Å². The average molecular weight is 550 g/mol. The van der Waals surface area contributed by atoms with Gasteiger partial charge >= 0.3 is 52.9 Å². The second-order valence-corrected chi connectivity index (χ2v) is 20.2. The monoisotopic (exact) mass is 548 g/mol. The van der Waals surface area contributed by atoms with Gasteiger partial charge in [-0.3, -0.25) is 0 Å². The van der Waals surface area contributed by atoms with Gasteiger partial charge in [0.25, 0.3) is 0 Å². The molecule has 0 aromatic rings. The van der Waals surface area contributed by atoms with E-state index in [-0.39, 0.29) is 59.9 Å². The first kappa shape index (κ1) is 40.6. The van der Waals surface area contributed by atoms with Gasteiger partial charge in [0.2, 0.25) is 0 Å². The topological polar surface area (TPSA) is 34.7 Å². The van der Waals surface area contributed by atoms with Crippen LogP contribution in [0.5, 0.6) is 0 Å². The normalized spacial score (nSPS) is 14.8. The smallest absolute Gasteiger partial charge is 0.687 e. The Bertz CT molecular complexity index is 497. The van der Waals surface area contributed by atoms with Crippen LogP contribution in [0.2, 0.25) is 0 Å². The maximum absolute atomic E-state index is 6.54. The zero-order valence-electron chi connectivity index (χ0n) is 22.8. The molecule has 1 aliphatic rings. The van der Waals surface area contributed by atoms with E-state index >= 15 is 0 Å². The molecule has 180 valence electrons. The van der Waals surface area contributed by atoms with Gasteiger partial charge in [-0.15, -0.1) is 55.4 Å². The van der Waals surface area contributed by atoms with Gasteiger partial charge in [-0.2, -0.15) is 0 Å². The summed E-state index contributed by atoms with van der Waals surface area (Å²) < 4.78 is 4.61. The van der Waals surface area contributed by atoms with Crippen LogP contribution in [-0.2, 0) is 0 Å². The van der Waals surface area contributed by atoms with Crippen molar-refractivity contribution in [1.82, 2.24) is 9.13 Å². The quantitative estimate of drug-likeness (QED) is 0.389. The summed E-state index contributed by atoms with van der Waals surface area (Å²) in [6.07, 6.45) is 7.81. The third-order valence-corrected chi connectivity index (χ3v) is 7.46. The summed E-state index contributed by atoms with van der Waals surface area (Å²) >= 11 is 21.4. The van der Waals surface area contributed by atoms with E-state index in [2.05, 4.69) is 115 Å². The van der Waals surface area contributed by atoms with Gasteiger partial charge < -0.3 is 19.8 Å². The van der Waals surface area contributed by atoms with Gasteiger partial charge in [-0.25, -0.2) is 12.4 Å². The maximum atomic E-state index is 6.54. The first-order chi connectivity index (χ1) is 13.1. The van der Waals surface area contributed by atoms with Crippen LogP contribution in [0, 0.1) is 0 Å². The van der Waals surface area contributed by atoms with Gasteiger partial charge in [-0.1, -0.05) is 41.5 Å². The van der Waals surface area contributed by atoms with E-state index in [0.717, 1.165) is 0 Å². The molecule has 0 radical (unpaired) electrons. The van der Waals surface area contributed by atoms with Crippen molar-refractivity contribution in [3.05, 3.63) is 35.4 Å². The van der Waals surface area contributed by atoms with Crippen LogP contribution in [0.4, 0.5) is 0 Å². The zero-order chi connectivity index (χ0) is 24.6. The van der Waals surface area contributed by atoms with Crippen LogP contribution in [0.1, 0.15) is 83.1 Å². The summed E-state index contributed by atoms with van der Waals surface area (Å²) in [5, 5.41) is 8.57. The largest absolute Gasteiger partial charge is 1.00 e. The third-order valence-electron chi connectivity index (χ3n) is 3.39. The fourth-order valence-electron chi connectivity index (χ4n) is 2.02. The van der Waals surface area contributed by atoms with Gasteiger partial charge in [0, 0.05) is 23.5 Å². The molecule has 0 saturated heterocycles. The Balaban J connectivity index is -0.000000201. The van der Waals surface area contributed by atoms with Crippen LogP contribution < -0.4 is 37.7 Å². The van der Waals surface area contributed by atoms with Crippen molar-refractivity contribution in [2.45, 2.75) is 105 Å². The first-order valence-electron chi connectivity index (χ1n) is 9.98.